The van der Waals surface area contributed by atoms with Gasteiger partial charge >= 0.3 is 0 Å². The summed E-state index contributed by atoms with van der Waals surface area (Å²) >= 11 is 0. The maximum Gasteiger partial charge on any atom is 0.268 e. The van der Waals surface area contributed by atoms with Crippen LogP contribution in [0.4, 0.5) is 11.4 Å². The van der Waals surface area contributed by atoms with Crippen LogP contribution in [-0.2, 0) is 34.1 Å². The molecule has 2 heterocycles. The lowest BCUT2D eigenvalue weighted by molar-refractivity contribution is -0.119. The van der Waals surface area contributed by atoms with Crippen LogP contribution in [0, 0.1) is 13.8 Å². The zero-order valence-electron chi connectivity index (χ0n) is 19.1. The third-order valence-electron chi connectivity index (χ3n) is 6.76. The quantitative estimate of drug-likeness (QED) is 0.620. The molecule has 0 radical (unpaired) electrons. The summed E-state index contributed by atoms with van der Waals surface area (Å²) in [4.78, 5) is 13.2. The molecule has 0 bridgehead atoms. The lowest BCUT2D eigenvalue weighted by Crippen LogP contribution is -2.30. The smallest absolute Gasteiger partial charge is 0.268 e. The minimum atomic E-state index is -3.80. The molecular weight excluding hydrogens is 436 g/mol. The molecule has 1 aromatic heterocycles. The largest absolute Gasteiger partial charge is 0.324 e. The van der Waals surface area contributed by atoms with Gasteiger partial charge in [0, 0.05) is 12.2 Å². The Bertz CT molecular complexity index is 1360. The highest BCUT2D eigenvalue weighted by Gasteiger charge is 2.36. The van der Waals surface area contributed by atoms with Crippen molar-refractivity contribution in [2.45, 2.75) is 57.4 Å². The van der Waals surface area contributed by atoms with Gasteiger partial charge in [0.15, 0.2) is 0 Å². The van der Waals surface area contributed by atoms with Crippen molar-refractivity contribution in [2.75, 3.05) is 16.2 Å². The van der Waals surface area contributed by atoms with Gasteiger partial charge in [-0.05, 0) is 81.3 Å². The maximum atomic E-state index is 13.6. The molecular formula is C25H28N4O3S. The predicted octanol–water partition coefficient (Wildman–Crippen LogP) is 3.94. The number of rotatable bonds is 5. The van der Waals surface area contributed by atoms with Gasteiger partial charge in [0.2, 0.25) is 5.91 Å². The zero-order valence-corrected chi connectivity index (χ0v) is 19.9. The Morgan fingerprint density at radius 2 is 1.79 bits per heavy atom. The molecule has 1 atom stereocenters. The van der Waals surface area contributed by atoms with Crippen LogP contribution in [0.1, 0.15) is 47.5 Å². The second-order valence-electron chi connectivity index (χ2n) is 8.90. The number of benzene rings is 2. The number of carbonyl (C=O) groups excluding carboxylic acids is 1. The highest BCUT2D eigenvalue weighted by atomic mass is 32.2. The molecule has 0 fully saturated rings. The first-order valence-electron chi connectivity index (χ1n) is 11.4. The number of aryl methyl sites for hydroxylation is 3. The second-order valence-corrected chi connectivity index (χ2v) is 10.7. The van der Waals surface area contributed by atoms with Crippen molar-refractivity contribution in [3.05, 3.63) is 70.5 Å². The molecule has 172 valence electrons. The Morgan fingerprint density at radius 3 is 2.61 bits per heavy atom. The number of para-hydroxylation sites is 1. The summed E-state index contributed by atoms with van der Waals surface area (Å²) in [5, 5.41) is 7.45. The third kappa shape index (κ3) is 3.62. The van der Waals surface area contributed by atoms with Gasteiger partial charge in [-0.3, -0.25) is 13.8 Å². The topological polar surface area (TPSA) is 84.3 Å². The monoisotopic (exact) mass is 464 g/mol. The molecule has 5 rings (SSSR count). The lowest BCUT2D eigenvalue weighted by Gasteiger charge is -2.20. The van der Waals surface area contributed by atoms with Crippen molar-refractivity contribution < 1.29 is 13.2 Å². The number of hydrogen-bond acceptors (Lipinski definition) is 4. The van der Waals surface area contributed by atoms with Gasteiger partial charge in [-0.15, -0.1) is 0 Å². The average molecular weight is 465 g/mol. The van der Waals surface area contributed by atoms with Gasteiger partial charge in [-0.2, -0.15) is 5.10 Å². The van der Waals surface area contributed by atoms with Crippen LogP contribution >= 0.6 is 0 Å². The normalized spacial score (nSPS) is 15.9. The van der Waals surface area contributed by atoms with Crippen LogP contribution in [0.2, 0.25) is 0 Å². The number of amides is 1. The van der Waals surface area contributed by atoms with E-state index in [0.717, 1.165) is 30.5 Å². The van der Waals surface area contributed by atoms with Gasteiger partial charge in [0.05, 0.1) is 17.1 Å². The van der Waals surface area contributed by atoms with Gasteiger partial charge in [-0.1, -0.05) is 24.3 Å². The molecule has 1 aliphatic heterocycles. The van der Waals surface area contributed by atoms with E-state index in [0.29, 0.717) is 30.0 Å². The second kappa shape index (κ2) is 8.02. The summed E-state index contributed by atoms with van der Waals surface area (Å²) in [6, 6.07) is 12.9. The summed E-state index contributed by atoms with van der Waals surface area (Å²) in [5.41, 5.74) is 5.99. The standard InChI is InChI=1S/C25H28N4O3S/c1-16-24(33(31,32)28-14-13-20-7-4-5-10-23(20)28)17(2)29(27-16)18(3)25(30)26-22-12-11-19-8-6-9-21(19)15-22/h4-5,7,10-12,15,18H,6,8-9,13-14H2,1-3H3,(H,26,30)/t18-/m0/s1. The summed E-state index contributed by atoms with van der Waals surface area (Å²) in [6.07, 6.45) is 3.95. The van der Waals surface area contributed by atoms with E-state index in [2.05, 4.69) is 16.5 Å². The van der Waals surface area contributed by atoms with Crippen molar-refractivity contribution in [3.8, 4) is 0 Å². The molecule has 7 nitrogen and oxygen atoms in total. The molecule has 33 heavy (non-hydrogen) atoms. The van der Waals surface area contributed by atoms with Crippen molar-refractivity contribution in [1.82, 2.24) is 9.78 Å². The zero-order chi connectivity index (χ0) is 23.3. The van der Waals surface area contributed by atoms with Gasteiger partial charge in [-0.25, -0.2) is 8.42 Å². The molecule has 0 unspecified atom stereocenters. The fraction of sp³-hybridized carbons (Fsp3) is 0.360. The Hall–Kier alpha value is -3.13. The summed E-state index contributed by atoms with van der Waals surface area (Å²) < 4.78 is 30.2. The van der Waals surface area contributed by atoms with Crippen molar-refractivity contribution in [3.63, 3.8) is 0 Å². The van der Waals surface area contributed by atoms with Crippen LogP contribution in [-0.4, -0.2) is 30.7 Å². The highest BCUT2D eigenvalue weighted by Crippen LogP contribution is 2.35. The Labute approximate surface area is 194 Å². The molecule has 2 aliphatic rings. The number of aromatic nitrogens is 2. The Morgan fingerprint density at radius 1 is 1.03 bits per heavy atom. The lowest BCUT2D eigenvalue weighted by atomic mass is 10.1. The summed E-state index contributed by atoms with van der Waals surface area (Å²) in [6.45, 7) is 5.54. The number of carbonyl (C=O) groups is 1. The summed E-state index contributed by atoms with van der Waals surface area (Å²) in [7, 11) is -3.80. The van der Waals surface area contributed by atoms with Crippen molar-refractivity contribution >= 4 is 27.3 Å². The number of anilines is 2. The molecule has 1 aliphatic carbocycles. The maximum absolute atomic E-state index is 13.6. The van der Waals surface area contributed by atoms with E-state index in [1.54, 1.807) is 20.8 Å². The van der Waals surface area contributed by atoms with Crippen LogP contribution in [0.3, 0.4) is 0 Å². The minimum absolute atomic E-state index is 0.177. The minimum Gasteiger partial charge on any atom is -0.324 e. The van der Waals surface area contributed by atoms with E-state index in [9.17, 15) is 13.2 Å². The first kappa shape index (κ1) is 21.7. The van der Waals surface area contributed by atoms with E-state index < -0.39 is 16.1 Å². The van der Waals surface area contributed by atoms with E-state index >= 15 is 0 Å². The van der Waals surface area contributed by atoms with Crippen molar-refractivity contribution in [2.24, 2.45) is 0 Å². The Kier molecular flexibility index (Phi) is 5.28. The van der Waals surface area contributed by atoms with E-state index in [-0.39, 0.29) is 10.8 Å². The fourth-order valence-electron chi connectivity index (χ4n) is 5.07. The number of fused-ring (bicyclic) bond motifs is 2. The number of nitrogens with one attached hydrogen (secondary N) is 1. The van der Waals surface area contributed by atoms with Crippen LogP contribution < -0.4 is 9.62 Å². The molecule has 1 N–H and O–H groups in total. The average Bonchev–Trinajstić information content (AvgIpc) is 3.49. The predicted molar refractivity (Wildman–Crippen MR) is 128 cm³/mol. The van der Waals surface area contributed by atoms with Crippen LogP contribution in [0.15, 0.2) is 47.4 Å². The first-order valence-corrected chi connectivity index (χ1v) is 12.8. The molecule has 0 spiro atoms. The Balaban J connectivity index is 1.42. The van der Waals surface area contributed by atoms with Gasteiger partial charge < -0.3 is 5.32 Å². The van der Waals surface area contributed by atoms with Gasteiger partial charge in [0.1, 0.15) is 10.9 Å². The molecule has 0 saturated carbocycles. The van der Waals surface area contributed by atoms with Gasteiger partial charge in [0.25, 0.3) is 10.0 Å². The van der Waals surface area contributed by atoms with E-state index in [1.165, 1.54) is 20.1 Å². The fourth-order valence-corrected chi connectivity index (χ4v) is 6.94. The molecule has 2 aromatic carbocycles. The van der Waals surface area contributed by atoms with Crippen molar-refractivity contribution in [1.29, 1.82) is 0 Å². The number of sulfonamides is 1. The highest BCUT2D eigenvalue weighted by molar-refractivity contribution is 7.93. The number of hydrogen-bond donors (Lipinski definition) is 1. The van der Waals surface area contributed by atoms with Crippen LogP contribution in [0.5, 0.6) is 0 Å². The number of nitrogens with zero attached hydrogens (tertiary/aromatic N) is 3. The van der Waals surface area contributed by atoms with E-state index in [1.807, 2.05) is 36.4 Å². The third-order valence-corrected chi connectivity index (χ3v) is 8.83. The summed E-state index contributed by atoms with van der Waals surface area (Å²) in [5.74, 6) is -0.228. The molecule has 3 aromatic rings. The molecule has 1 amide bonds. The van der Waals surface area contributed by atoms with Crippen LogP contribution in [0.25, 0.3) is 0 Å². The first-order chi connectivity index (χ1) is 15.8. The molecule has 8 heteroatoms. The molecule has 0 saturated heterocycles. The SMILES string of the molecule is Cc1nn([C@@H](C)C(=O)Nc2ccc3c(c2)CCC3)c(C)c1S(=O)(=O)N1CCc2ccccc21. The van der Waals surface area contributed by atoms with E-state index in [4.69, 9.17) is 0 Å².